The summed E-state index contributed by atoms with van der Waals surface area (Å²) in [4.78, 5) is 24.3. The van der Waals surface area contributed by atoms with Crippen LogP contribution in [0.15, 0.2) is 107 Å². The molecule has 0 aliphatic carbocycles. The largest absolute Gasteiger partial charge is 0.493 e. The van der Waals surface area contributed by atoms with E-state index in [2.05, 4.69) is 21.1 Å². The first kappa shape index (κ1) is 31.3. The van der Waals surface area contributed by atoms with Gasteiger partial charge in [0.2, 0.25) is 11.8 Å². The monoisotopic (exact) mass is 594 g/mol. The SMILES string of the molecule is COc1cc(/C=N\NC(=O)CCC(=O)N/N=C\c2ccc(OCc3ccccc3)c(OC)c2)ccc1OCc1ccccc1. The van der Waals surface area contributed by atoms with Crippen LogP contribution >= 0.6 is 0 Å². The predicted octanol–water partition coefficient (Wildman–Crippen LogP) is 5.24. The lowest BCUT2D eigenvalue weighted by Crippen LogP contribution is -2.22. The zero-order valence-electron chi connectivity index (χ0n) is 24.6. The Kier molecular flexibility index (Phi) is 11.9. The summed E-state index contributed by atoms with van der Waals surface area (Å²) in [5.74, 6) is 1.45. The Morgan fingerprint density at radius 1 is 0.591 bits per heavy atom. The van der Waals surface area contributed by atoms with Gasteiger partial charge in [-0.15, -0.1) is 0 Å². The summed E-state index contributed by atoms with van der Waals surface area (Å²) in [6.45, 7) is 0.818. The molecular formula is C34H34N4O6. The number of benzene rings is 4. The number of hydrogen-bond donors (Lipinski definition) is 2. The predicted molar refractivity (Wildman–Crippen MR) is 168 cm³/mol. The molecule has 0 radical (unpaired) electrons. The Bertz CT molecular complexity index is 1460. The Labute approximate surface area is 256 Å². The highest BCUT2D eigenvalue weighted by Crippen LogP contribution is 2.29. The van der Waals surface area contributed by atoms with Crippen molar-refractivity contribution in [1.82, 2.24) is 10.9 Å². The number of amides is 2. The van der Waals surface area contributed by atoms with Crippen LogP contribution < -0.4 is 29.8 Å². The van der Waals surface area contributed by atoms with Gasteiger partial charge in [0.25, 0.3) is 0 Å². The second kappa shape index (κ2) is 16.7. The van der Waals surface area contributed by atoms with Crippen molar-refractivity contribution in [1.29, 1.82) is 0 Å². The molecule has 10 heteroatoms. The maximum atomic E-state index is 12.2. The number of hydrazone groups is 2. The lowest BCUT2D eigenvalue weighted by atomic mass is 10.2. The molecule has 0 saturated heterocycles. The third kappa shape index (κ3) is 10.0. The molecule has 0 aliphatic rings. The lowest BCUT2D eigenvalue weighted by Gasteiger charge is -2.11. The highest BCUT2D eigenvalue weighted by molar-refractivity contribution is 5.87. The lowest BCUT2D eigenvalue weighted by molar-refractivity contribution is -0.126. The second-order valence-electron chi connectivity index (χ2n) is 9.46. The first-order valence-electron chi connectivity index (χ1n) is 13.9. The van der Waals surface area contributed by atoms with Gasteiger partial charge in [-0.05, 0) is 58.7 Å². The van der Waals surface area contributed by atoms with E-state index in [4.69, 9.17) is 18.9 Å². The van der Waals surface area contributed by atoms with Crippen molar-refractivity contribution in [2.24, 2.45) is 10.2 Å². The van der Waals surface area contributed by atoms with Crippen molar-refractivity contribution < 1.29 is 28.5 Å². The van der Waals surface area contributed by atoms with Gasteiger partial charge in [-0.3, -0.25) is 9.59 Å². The van der Waals surface area contributed by atoms with Crippen LogP contribution in [-0.4, -0.2) is 38.5 Å². The molecule has 0 saturated carbocycles. The van der Waals surface area contributed by atoms with Gasteiger partial charge in [0.15, 0.2) is 23.0 Å². The zero-order chi connectivity index (χ0) is 31.0. The van der Waals surface area contributed by atoms with E-state index in [1.165, 1.54) is 12.4 Å². The first-order valence-corrected chi connectivity index (χ1v) is 13.9. The van der Waals surface area contributed by atoms with Crippen LogP contribution in [0.25, 0.3) is 0 Å². The fraction of sp³-hybridized carbons (Fsp3) is 0.176. The van der Waals surface area contributed by atoms with Gasteiger partial charge in [-0.2, -0.15) is 10.2 Å². The molecule has 0 bridgehead atoms. The topological polar surface area (TPSA) is 120 Å². The number of carbonyl (C=O) groups excluding carboxylic acids is 2. The maximum Gasteiger partial charge on any atom is 0.240 e. The summed E-state index contributed by atoms with van der Waals surface area (Å²) in [6.07, 6.45) is 2.85. The number of carbonyl (C=O) groups is 2. The molecule has 0 spiro atoms. The molecule has 4 rings (SSSR count). The summed E-state index contributed by atoms with van der Waals surface area (Å²) in [6, 6.07) is 30.3. The standard InChI is InChI=1S/C34H34N4O6/c1-41-31-19-27(13-15-29(31)43-23-25-9-5-3-6-10-25)21-35-37-33(39)17-18-34(40)38-36-22-28-14-16-30(32(20-28)42-2)44-24-26-11-7-4-8-12-26/h3-16,19-22H,17-18,23-24H2,1-2H3,(H,37,39)(H,38,40)/b35-21-,36-22-. The number of hydrogen-bond acceptors (Lipinski definition) is 8. The van der Waals surface area contributed by atoms with Gasteiger partial charge in [0.1, 0.15) is 13.2 Å². The number of ether oxygens (including phenoxy) is 4. The van der Waals surface area contributed by atoms with E-state index in [0.29, 0.717) is 47.3 Å². The van der Waals surface area contributed by atoms with Crippen LogP contribution in [0, 0.1) is 0 Å². The third-order valence-electron chi connectivity index (χ3n) is 6.23. The van der Waals surface area contributed by atoms with Gasteiger partial charge < -0.3 is 18.9 Å². The van der Waals surface area contributed by atoms with Crippen molar-refractivity contribution in [3.05, 3.63) is 119 Å². The van der Waals surface area contributed by atoms with Gasteiger partial charge in [0.05, 0.1) is 26.6 Å². The van der Waals surface area contributed by atoms with Gasteiger partial charge >= 0.3 is 0 Å². The fourth-order valence-corrected chi connectivity index (χ4v) is 3.93. The van der Waals surface area contributed by atoms with Crippen LogP contribution in [0.4, 0.5) is 0 Å². The van der Waals surface area contributed by atoms with E-state index in [0.717, 1.165) is 11.1 Å². The van der Waals surface area contributed by atoms with Crippen LogP contribution in [0.2, 0.25) is 0 Å². The van der Waals surface area contributed by atoms with E-state index < -0.39 is 11.8 Å². The molecule has 44 heavy (non-hydrogen) atoms. The first-order chi connectivity index (χ1) is 21.5. The average molecular weight is 595 g/mol. The molecule has 4 aromatic rings. The molecule has 0 heterocycles. The minimum Gasteiger partial charge on any atom is -0.493 e. The Balaban J connectivity index is 1.18. The second-order valence-corrected chi connectivity index (χ2v) is 9.46. The van der Waals surface area contributed by atoms with Gasteiger partial charge in [-0.1, -0.05) is 60.7 Å². The average Bonchev–Trinajstić information content (AvgIpc) is 3.06. The third-order valence-corrected chi connectivity index (χ3v) is 6.23. The molecule has 0 fully saturated rings. The Hall–Kier alpha value is -5.64. The number of rotatable bonds is 15. The normalized spacial score (nSPS) is 10.9. The summed E-state index contributed by atoms with van der Waals surface area (Å²) < 4.78 is 22.6. The van der Waals surface area contributed by atoms with E-state index in [1.54, 1.807) is 50.6 Å². The molecule has 2 amide bonds. The van der Waals surface area contributed by atoms with Crippen molar-refractivity contribution in [3.8, 4) is 23.0 Å². The number of nitrogens with one attached hydrogen (secondary N) is 2. The van der Waals surface area contributed by atoms with Crippen LogP contribution in [0.1, 0.15) is 35.1 Å². The Morgan fingerprint density at radius 2 is 1.00 bits per heavy atom. The number of methoxy groups -OCH3 is 2. The minimum absolute atomic E-state index is 0.0600. The van der Waals surface area contributed by atoms with Crippen LogP contribution in [-0.2, 0) is 22.8 Å². The molecule has 0 aliphatic heterocycles. The minimum atomic E-state index is -0.411. The molecule has 2 N–H and O–H groups in total. The highest BCUT2D eigenvalue weighted by atomic mass is 16.5. The summed E-state index contributed by atoms with van der Waals surface area (Å²) >= 11 is 0. The molecular weight excluding hydrogens is 560 g/mol. The van der Waals surface area contributed by atoms with Crippen LogP contribution in [0.5, 0.6) is 23.0 Å². The van der Waals surface area contributed by atoms with Crippen LogP contribution in [0.3, 0.4) is 0 Å². The van der Waals surface area contributed by atoms with E-state index in [9.17, 15) is 9.59 Å². The van der Waals surface area contributed by atoms with E-state index in [1.807, 2.05) is 60.7 Å². The fourth-order valence-electron chi connectivity index (χ4n) is 3.93. The zero-order valence-corrected chi connectivity index (χ0v) is 24.6. The molecule has 226 valence electrons. The van der Waals surface area contributed by atoms with Gasteiger partial charge in [-0.25, -0.2) is 10.9 Å². The molecule has 0 aromatic heterocycles. The van der Waals surface area contributed by atoms with Gasteiger partial charge in [0, 0.05) is 12.8 Å². The summed E-state index contributed by atoms with van der Waals surface area (Å²) in [7, 11) is 3.11. The quantitative estimate of drug-likeness (QED) is 0.143. The Morgan fingerprint density at radius 3 is 1.39 bits per heavy atom. The van der Waals surface area contributed by atoms with Crippen molar-refractivity contribution in [2.45, 2.75) is 26.1 Å². The highest BCUT2D eigenvalue weighted by Gasteiger charge is 2.08. The maximum absolute atomic E-state index is 12.2. The van der Waals surface area contributed by atoms with E-state index >= 15 is 0 Å². The molecule has 4 aromatic carbocycles. The molecule has 10 nitrogen and oxygen atoms in total. The summed E-state index contributed by atoms with van der Waals surface area (Å²) in [5.41, 5.74) is 8.33. The molecule has 0 unspecified atom stereocenters. The molecule has 0 atom stereocenters. The smallest absolute Gasteiger partial charge is 0.240 e. The summed E-state index contributed by atoms with van der Waals surface area (Å²) in [5, 5.41) is 7.94. The van der Waals surface area contributed by atoms with Crippen molar-refractivity contribution in [3.63, 3.8) is 0 Å². The van der Waals surface area contributed by atoms with Crippen molar-refractivity contribution in [2.75, 3.05) is 14.2 Å². The van der Waals surface area contributed by atoms with Crippen molar-refractivity contribution >= 4 is 24.2 Å². The number of nitrogens with zero attached hydrogens (tertiary/aromatic N) is 2. The van der Waals surface area contributed by atoms with E-state index in [-0.39, 0.29) is 12.8 Å².